The van der Waals surface area contributed by atoms with E-state index >= 15 is 0 Å². The van der Waals surface area contributed by atoms with E-state index < -0.39 is 53.6 Å². The second kappa shape index (κ2) is 27.7. The average Bonchev–Trinajstić information content (AvgIpc) is 1.29. The molecule has 14 rings (SSSR count). The molecule has 12 atom stereocenters. The summed E-state index contributed by atoms with van der Waals surface area (Å²) in [7, 11) is -3.53. The molecule has 10 aliphatic rings. The molecule has 4 aliphatic carbocycles. The van der Waals surface area contributed by atoms with Crippen molar-refractivity contribution in [3.05, 3.63) is 116 Å². The molecule has 524 valence electrons. The standard InChI is InChI=1S/2C38H52ClN3O5S/c2*1-25-6-4-17-38(44,30-14-18-41(3)19-15-30)33-11-8-29(33)22-42-23-37(16-5-7-27-20-31(39)10-12-32(27)37)24-47-35-13-9-28(21-34(35)42)36(43)40-48(45,46)26(25)2/h2*9-10,12-13,20-21,25-26,29-30,33,44H,4-8,11,14-19,22-24H2,1-3H3,(H,40,43)/t25-,26+,29-,33+,37-,38+;25-,26+,29-,33+,37-,38-/m00/s1. The molecule has 16 nitrogen and oxygen atoms in total. The predicted molar refractivity (Wildman–Crippen MR) is 381 cm³/mol. The average molecular weight is 1400 g/mol. The van der Waals surface area contributed by atoms with Crippen molar-refractivity contribution in [1.82, 2.24) is 19.2 Å². The van der Waals surface area contributed by atoms with Gasteiger partial charge in [0.25, 0.3) is 11.8 Å². The number of aryl methyl sites for hydroxylation is 2. The quantitative estimate of drug-likeness (QED) is 0.148. The summed E-state index contributed by atoms with van der Waals surface area (Å²) in [6, 6.07) is 23.2. The highest BCUT2D eigenvalue weighted by Gasteiger charge is 2.55. The number of nitrogens with zero attached hydrogens (tertiary/aromatic N) is 4. The Morgan fingerprint density at radius 1 is 0.500 bits per heavy atom. The predicted octanol–water partition coefficient (Wildman–Crippen LogP) is 12.4. The van der Waals surface area contributed by atoms with Crippen LogP contribution in [0.1, 0.15) is 186 Å². The van der Waals surface area contributed by atoms with Crippen LogP contribution in [0, 0.1) is 47.3 Å². The number of sulfonamides is 2. The third-order valence-electron chi connectivity index (χ3n) is 26.0. The van der Waals surface area contributed by atoms with Crippen molar-refractivity contribution in [2.24, 2.45) is 47.3 Å². The van der Waals surface area contributed by atoms with Crippen LogP contribution in [-0.2, 0) is 43.7 Å². The molecule has 0 aromatic heterocycles. The molecule has 4 bridgehead atoms. The Labute approximate surface area is 581 Å². The van der Waals surface area contributed by atoms with E-state index in [1.165, 1.54) is 22.3 Å². The number of nitrogens with one attached hydrogen (secondary N) is 2. The van der Waals surface area contributed by atoms with Gasteiger partial charge in [-0.05, 0) is 300 Å². The van der Waals surface area contributed by atoms with Crippen molar-refractivity contribution < 1.29 is 46.1 Å². The van der Waals surface area contributed by atoms with Gasteiger partial charge < -0.3 is 39.3 Å². The fourth-order valence-corrected chi connectivity index (χ4v) is 22.4. The van der Waals surface area contributed by atoms with E-state index in [2.05, 4.69) is 67.4 Å². The summed E-state index contributed by atoms with van der Waals surface area (Å²) >= 11 is 12.9. The molecular weight excluding hydrogens is 1290 g/mol. The van der Waals surface area contributed by atoms with E-state index in [9.17, 15) is 36.6 Å². The molecule has 0 radical (unpaired) electrons. The second-order valence-electron chi connectivity index (χ2n) is 31.7. The van der Waals surface area contributed by atoms with Crippen LogP contribution in [0.5, 0.6) is 11.5 Å². The number of carbonyl (C=O) groups excluding carboxylic acids is 2. The lowest BCUT2D eigenvalue weighted by molar-refractivity contribution is -0.138. The monoisotopic (exact) mass is 1390 g/mol. The Bertz CT molecular complexity index is 3530. The first-order valence-electron chi connectivity index (χ1n) is 36.3. The summed E-state index contributed by atoms with van der Waals surface area (Å²) in [5.74, 6) is 1.25. The Morgan fingerprint density at radius 2 is 0.896 bits per heavy atom. The number of piperidine rings is 2. The first-order valence-corrected chi connectivity index (χ1v) is 40.2. The molecule has 20 heteroatoms. The zero-order valence-electron chi connectivity index (χ0n) is 57.4. The SMILES string of the molecule is C[C@@H]1[C@@H](C)CCC[C@@](O)(C2CCN(C)CC2)[C@@H]2CC[C@H]2CN2C[C@@]3(CCCc4cc(Cl)ccc43)COc3ccc(cc32)C(=O)NS1(=O)=O.C[C@@H]1[C@@H](C)CCC[C@](O)(C2CCN(C)CC2)[C@@H]2CC[C@H]2CN2C[C@@]3(CCCc4cc(Cl)ccc43)COc3ccc(cc32)C(=O)NS1(=O)=O. The van der Waals surface area contributed by atoms with Gasteiger partial charge in [-0.2, -0.15) is 0 Å². The Balaban J connectivity index is 0.000000174. The fourth-order valence-electron chi connectivity index (χ4n) is 19.4. The van der Waals surface area contributed by atoms with E-state index in [4.69, 9.17) is 32.7 Å². The van der Waals surface area contributed by atoms with Crippen molar-refractivity contribution in [1.29, 1.82) is 0 Å². The van der Waals surface area contributed by atoms with E-state index in [0.29, 0.717) is 86.4 Å². The highest BCUT2D eigenvalue weighted by atomic mass is 35.5. The number of ether oxygens (including phenoxy) is 2. The minimum atomic E-state index is -3.92. The Morgan fingerprint density at radius 3 is 1.27 bits per heavy atom. The van der Waals surface area contributed by atoms with Crippen LogP contribution in [0.4, 0.5) is 11.4 Å². The number of rotatable bonds is 2. The molecule has 2 amide bonds. The number of halogens is 2. The number of anilines is 2. The smallest absolute Gasteiger partial charge is 0.264 e. The summed E-state index contributed by atoms with van der Waals surface area (Å²) < 4.78 is 72.0. The molecule has 4 aromatic rings. The van der Waals surface area contributed by atoms with Gasteiger partial charge in [0.2, 0.25) is 20.0 Å². The Hall–Kier alpha value is -4.66. The lowest BCUT2D eigenvalue weighted by Crippen LogP contribution is -2.57. The van der Waals surface area contributed by atoms with Crippen LogP contribution in [0.15, 0.2) is 72.8 Å². The van der Waals surface area contributed by atoms with Crippen LogP contribution < -0.4 is 28.7 Å². The van der Waals surface area contributed by atoms with E-state index in [1.807, 2.05) is 50.2 Å². The molecule has 2 saturated heterocycles. The van der Waals surface area contributed by atoms with Gasteiger partial charge in [0.15, 0.2) is 0 Å². The lowest BCUT2D eigenvalue weighted by Gasteiger charge is -2.54. The molecule has 4 N–H and O–H groups in total. The van der Waals surface area contributed by atoms with Crippen molar-refractivity contribution in [3.63, 3.8) is 0 Å². The van der Waals surface area contributed by atoms with Crippen molar-refractivity contribution in [2.45, 2.75) is 189 Å². The second-order valence-corrected chi connectivity index (χ2v) is 36.6. The largest absolute Gasteiger partial charge is 0.490 e. The number of carbonyl (C=O) groups is 2. The van der Waals surface area contributed by atoms with Gasteiger partial charge >= 0.3 is 0 Å². The number of hydrogen-bond acceptors (Lipinski definition) is 14. The third-order valence-corrected chi connectivity index (χ3v) is 30.3. The van der Waals surface area contributed by atoms with Gasteiger partial charge in [-0.15, -0.1) is 0 Å². The van der Waals surface area contributed by atoms with Gasteiger partial charge in [0.05, 0.1) is 46.3 Å². The van der Waals surface area contributed by atoms with Gasteiger partial charge in [0.1, 0.15) is 11.5 Å². The van der Waals surface area contributed by atoms with Crippen LogP contribution >= 0.6 is 23.2 Å². The molecule has 2 saturated carbocycles. The van der Waals surface area contributed by atoms with Gasteiger partial charge in [-0.3, -0.25) is 9.59 Å². The number of aliphatic hydroxyl groups is 2. The number of amides is 2. The maximum absolute atomic E-state index is 13.6. The van der Waals surface area contributed by atoms with Crippen molar-refractivity contribution >= 4 is 66.4 Å². The molecular formula is C76H104Cl2N6O10S2. The lowest BCUT2D eigenvalue weighted by atomic mass is 9.58. The summed E-state index contributed by atoms with van der Waals surface area (Å²) in [4.78, 5) is 36.6. The first kappa shape index (κ1) is 69.8. The number of hydrogen-bond donors (Lipinski definition) is 4. The molecule has 4 aromatic carbocycles. The van der Waals surface area contributed by atoms with Crippen LogP contribution in [0.2, 0.25) is 10.0 Å². The summed E-state index contributed by atoms with van der Waals surface area (Å²) in [5.41, 5.74) is 5.21. The molecule has 96 heavy (non-hydrogen) atoms. The topological polar surface area (TPSA) is 198 Å². The zero-order chi connectivity index (χ0) is 67.7. The molecule has 6 heterocycles. The highest BCUT2D eigenvalue weighted by Crippen LogP contribution is 2.55. The van der Waals surface area contributed by atoms with Gasteiger partial charge in [-0.1, -0.05) is 62.0 Å². The maximum atomic E-state index is 13.6. The zero-order valence-corrected chi connectivity index (χ0v) is 60.6. The molecule has 4 fully saturated rings. The van der Waals surface area contributed by atoms with Crippen LogP contribution in [0.3, 0.4) is 0 Å². The molecule has 6 aliphatic heterocycles. The molecule has 0 unspecified atom stereocenters. The summed E-state index contributed by atoms with van der Waals surface area (Å²) in [6.45, 7) is 15.2. The fraction of sp³-hybridized carbons (Fsp3) is 0.658. The summed E-state index contributed by atoms with van der Waals surface area (Å²) in [6.07, 6.45) is 18.2. The van der Waals surface area contributed by atoms with E-state index in [-0.39, 0.29) is 46.3 Å². The van der Waals surface area contributed by atoms with Gasteiger partial charge in [-0.25, -0.2) is 26.3 Å². The van der Waals surface area contributed by atoms with E-state index in [1.54, 1.807) is 26.0 Å². The summed E-state index contributed by atoms with van der Waals surface area (Å²) in [5, 5.41) is 25.7. The minimum Gasteiger partial charge on any atom is -0.490 e. The van der Waals surface area contributed by atoms with Gasteiger partial charge in [0, 0.05) is 58.2 Å². The van der Waals surface area contributed by atoms with Crippen LogP contribution in [-0.4, -0.2) is 150 Å². The highest BCUT2D eigenvalue weighted by molar-refractivity contribution is 7.91. The maximum Gasteiger partial charge on any atom is 0.264 e. The van der Waals surface area contributed by atoms with Crippen LogP contribution in [0.25, 0.3) is 0 Å². The Kier molecular flexibility index (Phi) is 20.1. The third kappa shape index (κ3) is 13.7. The number of likely N-dealkylation sites (tertiary alicyclic amines) is 2. The van der Waals surface area contributed by atoms with E-state index in [0.717, 1.165) is 163 Å². The minimum absolute atomic E-state index is 0.164. The number of benzene rings is 4. The normalized spacial score (nSPS) is 34.6. The van der Waals surface area contributed by atoms with Crippen molar-refractivity contribution in [3.8, 4) is 11.5 Å². The number of fused-ring (bicyclic) bond motifs is 8. The van der Waals surface area contributed by atoms with Crippen molar-refractivity contribution in [2.75, 3.05) is 89.5 Å². The first-order chi connectivity index (χ1) is 45.8. The molecule has 2 spiro atoms.